The molecule has 1 aromatic rings. The molecule has 0 saturated carbocycles. The SMILES string of the molecule is Cc1ccc(NC(=O)NC(=O)COC(=O)CN2C(=O)CN(C)C2=O)c(C)c1. The second-order valence-electron chi connectivity index (χ2n) is 6.10. The molecule has 1 fully saturated rings. The van der Waals surface area contributed by atoms with Gasteiger partial charge in [0.05, 0.1) is 0 Å². The molecule has 6 amide bonds. The number of esters is 1. The molecule has 0 aliphatic carbocycles. The van der Waals surface area contributed by atoms with E-state index >= 15 is 0 Å². The summed E-state index contributed by atoms with van der Waals surface area (Å²) in [5, 5.41) is 4.54. The van der Waals surface area contributed by atoms with E-state index in [-0.39, 0.29) is 6.54 Å². The Bertz CT molecular complexity index is 807. The van der Waals surface area contributed by atoms with E-state index in [1.54, 1.807) is 6.07 Å². The first kappa shape index (κ1) is 19.9. The zero-order valence-electron chi connectivity index (χ0n) is 15.2. The first-order valence-corrected chi connectivity index (χ1v) is 8.06. The minimum atomic E-state index is -0.933. The largest absolute Gasteiger partial charge is 0.454 e. The standard InChI is InChI=1S/C17H20N4O6/c1-10-4-5-12(11(2)6-10)18-16(25)19-13(22)9-27-15(24)8-21-14(23)7-20(3)17(21)26/h4-6H,7-9H2,1-3H3,(H2,18,19,22,25). The highest BCUT2D eigenvalue weighted by Gasteiger charge is 2.35. The lowest BCUT2D eigenvalue weighted by molar-refractivity contribution is -0.150. The van der Waals surface area contributed by atoms with Crippen molar-refractivity contribution in [2.45, 2.75) is 13.8 Å². The van der Waals surface area contributed by atoms with E-state index in [0.29, 0.717) is 5.69 Å². The summed E-state index contributed by atoms with van der Waals surface area (Å²) in [7, 11) is 1.42. The number of rotatable bonds is 5. The topological polar surface area (TPSA) is 125 Å². The van der Waals surface area contributed by atoms with E-state index in [2.05, 4.69) is 5.32 Å². The first-order chi connectivity index (χ1) is 12.7. The smallest absolute Gasteiger partial charge is 0.327 e. The predicted octanol–water partition coefficient (Wildman–Crippen LogP) is 0.389. The van der Waals surface area contributed by atoms with Crippen molar-refractivity contribution in [3.63, 3.8) is 0 Å². The number of nitrogens with zero attached hydrogens (tertiary/aromatic N) is 2. The molecule has 27 heavy (non-hydrogen) atoms. The number of carbonyl (C=O) groups is 5. The molecule has 1 aliphatic heterocycles. The van der Waals surface area contributed by atoms with Gasteiger partial charge in [0.1, 0.15) is 13.1 Å². The van der Waals surface area contributed by atoms with E-state index < -0.39 is 43.0 Å². The molecule has 0 aromatic heterocycles. The maximum Gasteiger partial charge on any atom is 0.327 e. The van der Waals surface area contributed by atoms with Gasteiger partial charge in [0.15, 0.2) is 6.61 Å². The van der Waals surface area contributed by atoms with Gasteiger partial charge in [-0.15, -0.1) is 0 Å². The van der Waals surface area contributed by atoms with Gasteiger partial charge < -0.3 is 15.0 Å². The number of amides is 6. The van der Waals surface area contributed by atoms with Crippen molar-refractivity contribution in [3.05, 3.63) is 29.3 Å². The van der Waals surface area contributed by atoms with E-state index in [4.69, 9.17) is 4.74 Å². The number of imide groups is 2. The molecule has 10 heteroatoms. The second-order valence-corrected chi connectivity index (χ2v) is 6.10. The van der Waals surface area contributed by atoms with Gasteiger partial charge in [0, 0.05) is 12.7 Å². The fourth-order valence-electron chi connectivity index (χ4n) is 2.42. The Morgan fingerprint density at radius 3 is 2.48 bits per heavy atom. The Hall–Kier alpha value is -3.43. The van der Waals surface area contributed by atoms with Crippen LogP contribution in [0.15, 0.2) is 18.2 Å². The van der Waals surface area contributed by atoms with Gasteiger partial charge in [-0.25, -0.2) is 9.59 Å². The summed E-state index contributed by atoms with van der Waals surface area (Å²) >= 11 is 0. The number of aryl methyl sites for hydroxylation is 2. The van der Waals surface area contributed by atoms with E-state index in [1.807, 2.05) is 31.3 Å². The van der Waals surface area contributed by atoms with Gasteiger partial charge in [0.25, 0.3) is 11.8 Å². The fraction of sp³-hybridized carbons (Fsp3) is 0.353. The lowest BCUT2D eigenvalue weighted by atomic mass is 10.1. The average Bonchev–Trinajstić information content (AvgIpc) is 2.82. The van der Waals surface area contributed by atoms with Crippen molar-refractivity contribution in [3.8, 4) is 0 Å². The molecule has 10 nitrogen and oxygen atoms in total. The Labute approximate surface area is 155 Å². The number of carbonyl (C=O) groups excluding carboxylic acids is 5. The number of hydrogen-bond donors (Lipinski definition) is 2. The fourth-order valence-corrected chi connectivity index (χ4v) is 2.42. The normalized spacial score (nSPS) is 13.6. The molecule has 144 valence electrons. The Kier molecular flexibility index (Phi) is 6.11. The number of hydrogen-bond acceptors (Lipinski definition) is 6. The summed E-state index contributed by atoms with van der Waals surface area (Å²) in [4.78, 5) is 60.3. The van der Waals surface area contributed by atoms with Crippen LogP contribution in [0.4, 0.5) is 15.3 Å². The van der Waals surface area contributed by atoms with Crippen LogP contribution in [-0.4, -0.2) is 66.4 Å². The number of ether oxygens (including phenoxy) is 1. The van der Waals surface area contributed by atoms with Crippen molar-refractivity contribution in [2.75, 3.05) is 32.1 Å². The summed E-state index contributed by atoms with van der Waals surface area (Å²) in [6.07, 6.45) is 0. The highest BCUT2D eigenvalue weighted by Crippen LogP contribution is 2.15. The van der Waals surface area contributed by atoms with Crippen LogP contribution in [0.25, 0.3) is 0 Å². The minimum Gasteiger partial charge on any atom is -0.454 e. The minimum absolute atomic E-state index is 0.120. The summed E-state index contributed by atoms with van der Waals surface area (Å²) in [6, 6.07) is 4.00. The third-order valence-corrected chi connectivity index (χ3v) is 3.77. The lowest BCUT2D eigenvalue weighted by Gasteiger charge is -2.13. The molecular weight excluding hydrogens is 356 g/mol. The zero-order chi connectivity index (χ0) is 20.1. The van der Waals surface area contributed by atoms with Gasteiger partial charge in [0.2, 0.25) is 0 Å². The Morgan fingerprint density at radius 1 is 1.19 bits per heavy atom. The highest BCUT2D eigenvalue weighted by molar-refractivity contribution is 6.04. The van der Waals surface area contributed by atoms with Crippen LogP contribution in [0.1, 0.15) is 11.1 Å². The summed E-state index contributed by atoms with van der Waals surface area (Å²) in [6.45, 7) is 2.29. The van der Waals surface area contributed by atoms with Gasteiger partial charge in [-0.3, -0.25) is 24.6 Å². The molecule has 2 rings (SSSR count). The summed E-state index contributed by atoms with van der Waals surface area (Å²) in [5.74, 6) is -2.31. The van der Waals surface area contributed by atoms with E-state index in [1.165, 1.54) is 7.05 Å². The number of urea groups is 2. The van der Waals surface area contributed by atoms with Crippen LogP contribution >= 0.6 is 0 Å². The molecule has 1 aliphatic rings. The summed E-state index contributed by atoms with van der Waals surface area (Å²) < 4.78 is 4.69. The zero-order valence-corrected chi connectivity index (χ0v) is 15.2. The van der Waals surface area contributed by atoms with Crippen molar-refractivity contribution in [1.82, 2.24) is 15.1 Å². The number of anilines is 1. The molecule has 0 radical (unpaired) electrons. The number of benzene rings is 1. The van der Waals surface area contributed by atoms with Crippen LogP contribution in [0.3, 0.4) is 0 Å². The van der Waals surface area contributed by atoms with E-state index in [9.17, 15) is 24.0 Å². The van der Waals surface area contributed by atoms with Gasteiger partial charge in [-0.2, -0.15) is 0 Å². The monoisotopic (exact) mass is 376 g/mol. The molecule has 0 bridgehead atoms. The maximum atomic E-state index is 11.8. The quantitative estimate of drug-likeness (QED) is 0.566. The van der Waals surface area contributed by atoms with Crippen LogP contribution in [-0.2, 0) is 19.1 Å². The van der Waals surface area contributed by atoms with Crippen LogP contribution < -0.4 is 10.6 Å². The van der Waals surface area contributed by atoms with Gasteiger partial charge in [-0.1, -0.05) is 17.7 Å². The van der Waals surface area contributed by atoms with Crippen molar-refractivity contribution in [1.29, 1.82) is 0 Å². The lowest BCUT2D eigenvalue weighted by Crippen LogP contribution is -2.40. The molecule has 1 saturated heterocycles. The van der Waals surface area contributed by atoms with Crippen LogP contribution in [0, 0.1) is 13.8 Å². The maximum absolute atomic E-state index is 11.8. The average molecular weight is 376 g/mol. The third-order valence-electron chi connectivity index (χ3n) is 3.77. The molecule has 2 N–H and O–H groups in total. The molecule has 0 unspecified atom stereocenters. The van der Waals surface area contributed by atoms with Gasteiger partial charge >= 0.3 is 18.0 Å². The Morgan fingerprint density at radius 2 is 1.89 bits per heavy atom. The van der Waals surface area contributed by atoms with E-state index in [0.717, 1.165) is 20.9 Å². The van der Waals surface area contributed by atoms with Crippen molar-refractivity contribution < 1.29 is 28.7 Å². The molecular formula is C17H20N4O6. The molecule has 1 aromatic carbocycles. The molecule has 1 heterocycles. The van der Waals surface area contributed by atoms with Crippen LogP contribution in [0.5, 0.6) is 0 Å². The Balaban J connectivity index is 1.76. The van der Waals surface area contributed by atoms with Crippen LogP contribution in [0.2, 0.25) is 0 Å². The first-order valence-electron chi connectivity index (χ1n) is 8.06. The number of nitrogens with one attached hydrogen (secondary N) is 2. The summed E-state index contributed by atoms with van der Waals surface area (Å²) in [5.41, 5.74) is 2.40. The number of likely N-dealkylation sites (N-methyl/N-ethyl adjacent to an activating group) is 1. The van der Waals surface area contributed by atoms with Gasteiger partial charge in [-0.05, 0) is 25.5 Å². The second kappa shape index (κ2) is 8.30. The predicted molar refractivity (Wildman–Crippen MR) is 93.8 cm³/mol. The van der Waals surface area contributed by atoms with Crippen molar-refractivity contribution >= 4 is 35.5 Å². The van der Waals surface area contributed by atoms with Crippen molar-refractivity contribution in [2.24, 2.45) is 0 Å². The third kappa shape index (κ3) is 5.27. The highest BCUT2D eigenvalue weighted by atomic mass is 16.5. The molecule has 0 atom stereocenters. The molecule has 0 spiro atoms.